The molecule has 3 N–H and O–H groups in total. The second kappa shape index (κ2) is 5.55. The Balaban J connectivity index is 2.24. The summed E-state index contributed by atoms with van der Waals surface area (Å²) < 4.78 is 28.0. The number of halogens is 2. The summed E-state index contributed by atoms with van der Waals surface area (Å²) in [6, 6.07) is 12.0. The van der Waals surface area contributed by atoms with E-state index in [1.807, 2.05) is 12.1 Å². The van der Waals surface area contributed by atoms with E-state index < -0.39 is 17.7 Å². The Morgan fingerprint density at radius 3 is 2.38 bits per heavy atom. The van der Waals surface area contributed by atoms with Crippen LogP contribution in [-0.2, 0) is 0 Å². The quantitative estimate of drug-likeness (QED) is 0.574. The van der Waals surface area contributed by atoms with Crippen LogP contribution in [0.5, 0.6) is 0 Å². The van der Waals surface area contributed by atoms with Gasteiger partial charge >= 0.3 is 0 Å². The van der Waals surface area contributed by atoms with E-state index in [4.69, 9.17) is 5.84 Å². The molecular formula is C16H13F2N3. The van der Waals surface area contributed by atoms with Crippen LogP contribution in [0.25, 0.3) is 10.9 Å². The fraction of sp³-hybridized carbons (Fsp3) is 0.0625. The molecule has 3 aromatic rings. The number of hydrogen-bond acceptors (Lipinski definition) is 3. The molecule has 1 heterocycles. The van der Waals surface area contributed by atoms with Gasteiger partial charge in [-0.05, 0) is 29.8 Å². The maximum absolute atomic E-state index is 14.0. The summed E-state index contributed by atoms with van der Waals surface area (Å²) in [5.74, 6) is 4.28. The van der Waals surface area contributed by atoms with Crippen molar-refractivity contribution >= 4 is 10.9 Å². The molecule has 0 bridgehead atoms. The van der Waals surface area contributed by atoms with Crippen LogP contribution in [0.4, 0.5) is 8.78 Å². The summed E-state index contributed by atoms with van der Waals surface area (Å²) in [7, 11) is 0. The zero-order valence-electron chi connectivity index (χ0n) is 11.1. The van der Waals surface area contributed by atoms with Gasteiger partial charge in [0.1, 0.15) is 11.6 Å². The maximum atomic E-state index is 14.0. The Morgan fingerprint density at radius 1 is 0.952 bits per heavy atom. The number of hydrazine groups is 1. The fourth-order valence-corrected chi connectivity index (χ4v) is 2.49. The summed E-state index contributed by atoms with van der Waals surface area (Å²) in [6.07, 6.45) is 1.67. The van der Waals surface area contributed by atoms with Gasteiger partial charge < -0.3 is 0 Å². The molecule has 1 aromatic heterocycles. The van der Waals surface area contributed by atoms with Crippen molar-refractivity contribution in [2.45, 2.75) is 6.04 Å². The molecule has 0 saturated heterocycles. The number of rotatable bonds is 3. The lowest BCUT2D eigenvalue weighted by Crippen LogP contribution is -2.30. The number of pyridine rings is 1. The molecule has 0 amide bonds. The second-order valence-corrected chi connectivity index (χ2v) is 4.65. The van der Waals surface area contributed by atoms with Gasteiger partial charge in [-0.1, -0.05) is 24.3 Å². The van der Waals surface area contributed by atoms with Gasteiger partial charge in [0.2, 0.25) is 0 Å². The Kier molecular flexibility index (Phi) is 3.60. The van der Waals surface area contributed by atoms with Crippen molar-refractivity contribution in [1.82, 2.24) is 10.4 Å². The van der Waals surface area contributed by atoms with Gasteiger partial charge in [0.05, 0.1) is 11.6 Å². The number of fused-ring (bicyclic) bond motifs is 1. The highest BCUT2D eigenvalue weighted by atomic mass is 19.1. The average molecular weight is 285 g/mol. The normalized spacial score (nSPS) is 12.5. The SMILES string of the molecule is NNC(c1c(F)cccc1F)c1cccc2ncccc12. The highest BCUT2D eigenvalue weighted by Crippen LogP contribution is 2.30. The van der Waals surface area contributed by atoms with Crippen LogP contribution in [0.15, 0.2) is 54.7 Å². The van der Waals surface area contributed by atoms with Crippen molar-refractivity contribution < 1.29 is 8.78 Å². The minimum atomic E-state index is -0.793. The zero-order chi connectivity index (χ0) is 14.8. The van der Waals surface area contributed by atoms with Crippen LogP contribution in [0.2, 0.25) is 0 Å². The molecule has 0 spiro atoms. The average Bonchev–Trinajstić information content (AvgIpc) is 2.51. The molecule has 5 heteroatoms. The van der Waals surface area contributed by atoms with E-state index in [1.165, 1.54) is 18.2 Å². The largest absolute Gasteiger partial charge is 0.271 e. The summed E-state index contributed by atoms with van der Waals surface area (Å²) >= 11 is 0. The van der Waals surface area contributed by atoms with Gasteiger partial charge in [0.15, 0.2) is 0 Å². The minimum Gasteiger partial charge on any atom is -0.271 e. The first-order chi connectivity index (χ1) is 10.2. The van der Waals surface area contributed by atoms with Gasteiger partial charge in [-0.15, -0.1) is 0 Å². The number of nitrogens with zero attached hydrogens (tertiary/aromatic N) is 1. The van der Waals surface area contributed by atoms with E-state index in [2.05, 4.69) is 10.4 Å². The van der Waals surface area contributed by atoms with Crippen LogP contribution >= 0.6 is 0 Å². The standard InChI is InChI=1S/C16H13F2N3/c17-12-6-2-7-13(18)15(12)16(21-19)11-4-1-8-14-10(11)5-3-9-20-14/h1-9,16,21H,19H2. The van der Waals surface area contributed by atoms with Crippen molar-refractivity contribution in [1.29, 1.82) is 0 Å². The van der Waals surface area contributed by atoms with Crippen LogP contribution in [0.1, 0.15) is 17.2 Å². The van der Waals surface area contributed by atoms with Gasteiger partial charge in [-0.25, -0.2) is 14.2 Å². The van der Waals surface area contributed by atoms with E-state index in [-0.39, 0.29) is 5.56 Å². The summed E-state index contributed by atoms with van der Waals surface area (Å²) in [6.45, 7) is 0. The Hall–Kier alpha value is -2.37. The lowest BCUT2D eigenvalue weighted by Gasteiger charge is -2.19. The Labute approximate surface area is 120 Å². The third kappa shape index (κ3) is 2.37. The molecule has 106 valence electrons. The molecule has 1 unspecified atom stereocenters. The van der Waals surface area contributed by atoms with E-state index in [9.17, 15) is 8.78 Å². The Bertz CT molecular complexity index is 764. The summed E-state index contributed by atoms with van der Waals surface area (Å²) in [5.41, 5.74) is 3.82. The monoisotopic (exact) mass is 285 g/mol. The predicted octanol–water partition coefficient (Wildman–Crippen LogP) is 3.07. The summed E-state index contributed by atoms with van der Waals surface area (Å²) in [4.78, 5) is 4.24. The fourth-order valence-electron chi connectivity index (χ4n) is 2.49. The third-order valence-electron chi connectivity index (χ3n) is 3.45. The van der Waals surface area contributed by atoms with Crippen molar-refractivity contribution in [2.75, 3.05) is 0 Å². The van der Waals surface area contributed by atoms with Crippen molar-refractivity contribution in [2.24, 2.45) is 5.84 Å². The van der Waals surface area contributed by atoms with E-state index in [0.717, 1.165) is 10.9 Å². The number of hydrogen-bond donors (Lipinski definition) is 2. The lowest BCUT2D eigenvalue weighted by atomic mass is 9.95. The van der Waals surface area contributed by atoms with Gasteiger partial charge in [0, 0.05) is 17.1 Å². The van der Waals surface area contributed by atoms with Crippen LogP contribution in [0.3, 0.4) is 0 Å². The van der Waals surface area contributed by atoms with Crippen LogP contribution in [-0.4, -0.2) is 4.98 Å². The van der Waals surface area contributed by atoms with Gasteiger partial charge in [0.25, 0.3) is 0 Å². The zero-order valence-corrected chi connectivity index (χ0v) is 11.1. The second-order valence-electron chi connectivity index (χ2n) is 4.65. The number of aromatic nitrogens is 1. The number of nitrogens with two attached hydrogens (primary N) is 1. The number of nitrogens with one attached hydrogen (secondary N) is 1. The van der Waals surface area contributed by atoms with Crippen molar-refractivity contribution in [3.05, 3.63) is 77.5 Å². The van der Waals surface area contributed by atoms with E-state index in [1.54, 1.807) is 24.4 Å². The molecule has 3 rings (SSSR count). The first-order valence-corrected chi connectivity index (χ1v) is 6.46. The number of benzene rings is 2. The first-order valence-electron chi connectivity index (χ1n) is 6.46. The molecule has 0 saturated carbocycles. The molecule has 0 radical (unpaired) electrons. The first kappa shape index (κ1) is 13.6. The molecule has 21 heavy (non-hydrogen) atoms. The molecule has 0 aliphatic rings. The van der Waals surface area contributed by atoms with Gasteiger partial charge in [-0.2, -0.15) is 0 Å². The smallest absolute Gasteiger partial charge is 0.131 e. The van der Waals surface area contributed by atoms with Crippen molar-refractivity contribution in [3.63, 3.8) is 0 Å². The molecule has 3 nitrogen and oxygen atoms in total. The predicted molar refractivity (Wildman–Crippen MR) is 77.3 cm³/mol. The maximum Gasteiger partial charge on any atom is 0.131 e. The molecule has 2 aromatic carbocycles. The Morgan fingerprint density at radius 2 is 1.67 bits per heavy atom. The van der Waals surface area contributed by atoms with Crippen LogP contribution < -0.4 is 11.3 Å². The highest BCUT2D eigenvalue weighted by molar-refractivity contribution is 5.83. The topological polar surface area (TPSA) is 50.9 Å². The van der Waals surface area contributed by atoms with Gasteiger partial charge in [-0.3, -0.25) is 10.8 Å². The molecule has 0 aliphatic carbocycles. The highest BCUT2D eigenvalue weighted by Gasteiger charge is 2.22. The van der Waals surface area contributed by atoms with Crippen molar-refractivity contribution in [3.8, 4) is 0 Å². The molecule has 0 aliphatic heterocycles. The van der Waals surface area contributed by atoms with E-state index >= 15 is 0 Å². The molecular weight excluding hydrogens is 272 g/mol. The van der Waals surface area contributed by atoms with Crippen LogP contribution in [0, 0.1) is 11.6 Å². The summed E-state index contributed by atoms with van der Waals surface area (Å²) in [5, 5.41) is 0.797. The molecule has 0 fully saturated rings. The third-order valence-corrected chi connectivity index (χ3v) is 3.45. The lowest BCUT2D eigenvalue weighted by molar-refractivity contribution is 0.512. The minimum absolute atomic E-state index is 0.101. The molecule has 1 atom stereocenters. The van der Waals surface area contributed by atoms with E-state index in [0.29, 0.717) is 5.56 Å².